The Morgan fingerprint density at radius 3 is 2.29 bits per heavy atom. The molecule has 0 radical (unpaired) electrons. The number of nitrogens with one attached hydrogen (secondary N) is 2. The standard InChI is InChI=1S/C20H20N2O2/c1-12-7-6-8-13(2)18(12)14(3)22-20(24)17-11-21-19(23)16-10-5-4-9-15(16)17/h4-11,14H,1-3H3,(H,21,23)(H,22,24)/t14-/m1/s1. The van der Waals surface area contributed by atoms with Crippen LogP contribution in [0.15, 0.2) is 53.5 Å². The smallest absolute Gasteiger partial charge is 0.255 e. The molecule has 24 heavy (non-hydrogen) atoms. The van der Waals surface area contributed by atoms with E-state index >= 15 is 0 Å². The summed E-state index contributed by atoms with van der Waals surface area (Å²) in [4.78, 5) is 27.3. The summed E-state index contributed by atoms with van der Waals surface area (Å²) in [7, 11) is 0. The van der Waals surface area contributed by atoms with Crippen LogP contribution in [0.2, 0.25) is 0 Å². The SMILES string of the molecule is Cc1cccc(C)c1[C@@H](C)NC(=O)c1c[nH]c(=O)c2ccccc12. The second-order valence-corrected chi connectivity index (χ2v) is 6.08. The lowest BCUT2D eigenvalue weighted by molar-refractivity contribution is 0.0941. The number of amides is 1. The Hall–Kier alpha value is -2.88. The van der Waals surface area contributed by atoms with Crippen LogP contribution in [-0.2, 0) is 0 Å². The molecule has 2 N–H and O–H groups in total. The van der Waals surface area contributed by atoms with Crippen molar-refractivity contribution in [3.05, 3.63) is 81.3 Å². The van der Waals surface area contributed by atoms with Crippen LogP contribution in [0.25, 0.3) is 10.8 Å². The van der Waals surface area contributed by atoms with Crippen molar-refractivity contribution in [2.75, 3.05) is 0 Å². The van der Waals surface area contributed by atoms with Crippen LogP contribution in [0.5, 0.6) is 0 Å². The molecule has 1 aromatic heterocycles. The topological polar surface area (TPSA) is 62.0 Å². The number of aromatic amines is 1. The molecule has 4 heteroatoms. The number of rotatable bonds is 3. The van der Waals surface area contributed by atoms with E-state index in [2.05, 4.69) is 10.3 Å². The summed E-state index contributed by atoms with van der Waals surface area (Å²) in [5.74, 6) is -0.197. The summed E-state index contributed by atoms with van der Waals surface area (Å²) < 4.78 is 0. The number of pyridine rings is 1. The maximum atomic E-state index is 12.7. The zero-order valence-corrected chi connectivity index (χ0v) is 14.0. The van der Waals surface area contributed by atoms with Crippen molar-refractivity contribution in [3.8, 4) is 0 Å². The van der Waals surface area contributed by atoms with Gasteiger partial charge in [-0.25, -0.2) is 0 Å². The molecule has 0 bridgehead atoms. The lowest BCUT2D eigenvalue weighted by Crippen LogP contribution is -2.28. The number of carbonyl (C=O) groups excluding carboxylic acids is 1. The highest BCUT2D eigenvalue weighted by atomic mass is 16.2. The highest BCUT2D eigenvalue weighted by molar-refractivity contribution is 6.06. The van der Waals surface area contributed by atoms with Crippen molar-refractivity contribution in [3.63, 3.8) is 0 Å². The van der Waals surface area contributed by atoms with Crippen molar-refractivity contribution < 1.29 is 4.79 Å². The third-order valence-corrected chi connectivity index (χ3v) is 4.38. The third-order valence-electron chi connectivity index (χ3n) is 4.38. The van der Waals surface area contributed by atoms with Crippen molar-refractivity contribution in [2.24, 2.45) is 0 Å². The normalized spacial score (nSPS) is 12.1. The minimum Gasteiger partial charge on any atom is -0.345 e. The fourth-order valence-corrected chi connectivity index (χ4v) is 3.25. The predicted molar refractivity (Wildman–Crippen MR) is 96.4 cm³/mol. The van der Waals surface area contributed by atoms with Crippen molar-refractivity contribution in [2.45, 2.75) is 26.8 Å². The molecule has 0 saturated carbocycles. The zero-order valence-electron chi connectivity index (χ0n) is 14.0. The highest BCUT2D eigenvalue weighted by Gasteiger charge is 2.17. The molecular weight excluding hydrogens is 300 g/mol. The van der Waals surface area contributed by atoms with Gasteiger partial charge in [0.15, 0.2) is 0 Å². The predicted octanol–water partition coefficient (Wildman–Crippen LogP) is 3.64. The average Bonchev–Trinajstić information content (AvgIpc) is 2.55. The van der Waals surface area contributed by atoms with E-state index in [0.717, 1.165) is 16.7 Å². The molecule has 3 rings (SSSR count). The highest BCUT2D eigenvalue weighted by Crippen LogP contribution is 2.22. The van der Waals surface area contributed by atoms with E-state index in [1.807, 2.05) is 45.0 Å². The van der Waals surface area contributed by atoms with Gasteiger partial charge in [-0.2, -0.15) is 0 Å². The summed E-state index contributed by atoms with van der Waals surface area (Å²) in [6.07, 6.45) is 1.48. The number of H-pyrrole nitrogens is 1. The Morgan fingerprint density at radius 1 is 1.00 bits per heavy atom. The average molecular weight is 320 g/mol. The Morgan fingerprint density at radius 2 is 1.62 bits per heavy atom. The van der Waals surface area contributed by atoms with E-state index in [-0.39, 0.29) is 17.5 Å². The molecule has 0 fully saturated rings. The number of aromatic nitrogens is 1. The zero-order chi connectivity index (χ0) is 17.3. The van der Waals surface area contributed by atoms with Crippen LogP contribution in [0.3, 0.4) is 0 Å². The van der Waals surface area contributed by atoms with Gasteiger partial charge < -0.3 is 10.3 Å². The van der Waals surface area contributed by atoms with Crippen LogP contribution in [0.1, 0.15) is 40.0 Å². The van der Waals surface area contributed by atoms with E-state index in [9.17, 15) is 9.59 Å². The lowest BCUT2D eigenvalue weighted by atomic mass is 9.97. The number of fused-ring (bicyclic) bond motifs is 1. The van der Waals surface area contributed by atoms with E-state index in [1.54, 1.807) is 18.2 Å². The van der Waals surface area contributed by atoms with Gasteiger partial charge in [-0.05, 0) is 43.5 Å². The van der Waals surface area contributed by atoms with Gasteiger partial charge in [-0.15, -0.1) is 0 Å². The third kappa shape index (κ3) is 2.83. The van der Waals surface area contributed by atoms with Crippen LogP contribution >= 0.6 is 0 Å². The van der Waals surface area contributed by atoms with Crippen LogP contribution in [0, 0.1) is 13.8 Å². The Bertz CT molecular complexity index is 953. The lowest BCUT2D eigenvalue weighted by Gasteiger charge is -2.19. The van der Waals surface area contributed by atoms with Gasteiger partial charge in [0.2, 0.25) is 0 Å². The molecule has 0 saturated heterocycles. The largest absolute Gasteiger partial charge is 0.345 e. The molecule has 122 valence electrons. The van der Waals surface area contributed by atoms with Gasteiger partial charge in [-0.3, -0.25) is 9.59 Å². The molecule has 0 unspecified atom stereocenters. The molecule has 3 aromatic rings. The van der Waals surface area contributed by atoms with Crippen LogP contribution < -0.4 is 10.9 Å². The molecule has 0 aliphatic carbocycles. The summed E-state index contributed by atoms with van der Waals surface area (Å²) >= 11 is 0. The van der Waals surface area contributed by atoms with Gasteiger partial charge in [0.05, 0.1) is 11.6 Å². The second-order valence-electron chi connectivity index (χ2n) is 6.08. The maximum absolute atomic E-state index is 12.7. The number of hydrogen-bond acceptors (Lipinski definition) is 2. The van der Waals surface area contributed by atoms with Crippen LogP contribution in [0.4, 0.5) is 0 Å². The first-order valence-electron chi connectivity index (χ1n) is 7.96. The van der Waals surface area contributed by atoms with E-state index in [4.69, 9.17) is 0 Å². The molecule has 1 atom stereocenters. The van der Waals surface area contributed by atoms with Gasteiger partial charge >= 0.3 is 0 Å². The quantitative estimate of drug-likeness (QED) is 0.774. The number of benzene rings is 2. The summed E-state index contributed by atoms with van der Waals surface area (Å²) in [5.41, 5.74) is 3.70. The van der Waals surface area contributed by atoms with E-state index < -0.39 is 0 Å². The first-order valence-corrected chi connectivity index (χ1v) is 7.96. The minimum atomic E-state index is -0.197. The Labute approximate surface area is 140 Å². The molecule has 1 heterocycles. The van der Waals surface area contributed by atoms with Gasteiger partial charge in [0.25, 0.3) is 11.5 Å². The van der Waals surface area contributed by atoms with Crippen LogP contribution in [-0.4, -0.2) is 10.9 Å². The van der Waals surface area contributed by atoms with Crippen molar-refractivity contribution >= 4 is 16.7 Å². The molecule has 0 aliphatic rings. The van der Waals surface area contributed by atoms with Crippen molar-refractivity contribution in [1.82, 2.24) is 10.3 Å². The molecule has 2 aromatic carbocycles. The van der Waals surface area contributed by atoms with E-state index in [0.29, 0.717) is 16.3 Å². The van der Waals surface area contributed by atoms with Gasteiger partial charge in [-0.1, -0.05) is 36.4 Å². The Balaban J connectivity index is 1.96. The molecule has 0 aliphatic heterocycles. The monoisotopic (exact) mass is 320 g/mol. The molecule has 1 amide bonds. The first-order chi connectivity index (χ1) is 11.5. The van der Waals surface area contributed by atoms with Gasteiger partial charge in [0.1, 0.15) is 0 Å². The number of hydrogen-bond donors (Lipinski definition) is 2. The second kappa shape index (κ2) is 6.32. The number of aryl methyl sites for hydroxylation is 2. The fraction of sp³-hybridized carbons (Fsp3) is 0.200. The molecule has 4 nitrogen and oxygen atoms in total. The first kappa shape index (κ1) is 16.0. The Kier molecular flexibility index (Phi) is 4.21. The molecular formula is C20H20N2O2. The van der Waals surface area contributed by atoms with E-state index in [1.165, 1.54) is 6.20 Å². The molecule has 0 spiro atoms. The maximum Gasteiger partial charge on any atom is 0.255 e. The fourth-order valence-electron chi connectivity index (χ4n) is 3.25. The summed E-state index contributed by atoms with van der Waals surface area (Å²) in [5, 5.41) is 4.22. The van der Waals surface area contributed by atoms with Gasteiger partial charge in [0, 0.05) is 17.0 Å². The number of carbonyl (C=O) groups is 1. The summed E-state index contributed by atoms with van der Waals surface area (Å²) in [6.45, 7) is 6.06. The minimum absolute atomic E-state index is 0.121. The summed E-state index contributed by atoms with van der Waals surface area (Å²) in [6, 6.07) is 13.1. The van der Waals surface area contributed by atoms with Crippen molar-refractivity contribution in [1.29, 1.82) is 0 Å².